The summed E-state index contributed by atoms with van der Waals surface area (Å²) in [6.45, 7) is 6.81. The van der Waals surface area contributed by atoms with Crippen molar-refractivity contribution in [2.45, 2.75) is 32.5 Å². The average Bonchev–Trinajstić information content (AvgIpc) is 2.83. The van der Waals surface area contributed by atoms with Crippen molar-refractivity contribution in [3.8, 4) is 0 Å². The summed E-state index contributed by atoms with van der Waals surface area (Å²) < 4.78 is 0. The Morgan fingerprint density at radius 3 is 0.933 bits per heavy atom. The Labute approximate surface area is 116 Å². The second-order valence-electron chi connectivity index (χ2n) is 3.68. The summed E-state index contributed by atoms with van der Waals surface area (Å²) in [6.07, 6.45) is 19.0. The first kappa shape index (κ1) is 17.5. The van der Waals surface area contributed by atoms with Crippen molar-refractivity contribution in [2.75, 3.05) is 0 Å². The molecule has 0 fully saturated rings. The molecule has 0 saturated carbocycles. The van der Waals surface area contributed by atoms with Crippen LogP contribution in [-0.4, -0.2) is 8.80 Å². The van der Waals surface area contributed by atoms with Crippen LogP contribution in [0.25, 0.3) is 0 Å². The molecule has 0 spiro atoms. The molecule has 0 atom stereocenters. The van der Waals surface area contributed by atoms with Gasteiger partial charge in [0.05, 0.1) is 0 Å². The van der Waals surface area contributed by atoms with E-state index >= 15 is 0 Å². The van der Waals surface area contributed by atoms with Crippen LogP contribution < -0.4 is 0 Å². The van der Waals surface area contributed by atoms with Gasteiger partial charge in [0.15, 0.2) is 0 Å². The molecule has 81 valence electrons. The van der Waals surface area contributed by atoms with Crippen LogP contribution in [0.5, 0.6) is 0 Å². The average molecular weight is 297 g/mol. The van der Waals surface area contributed by atoms with Crippen molar-refractivity contribution >= 4 is 8.80 Å². The molecule has 0 amide bonds. The van der Waals surface area contributed by atoms with Crippen molar-refractivity contribution in [1.82, 2.24) is 0 Å². The molecule has 2 rings (SSSR count). The van der Waals surface area contributed by atoms with Crippen LogP contribution in [0.4, 0.5) is 0 Å². The Kier molecular flexibility index (Phi) is 16.4. The van der Waals surface area contributed by atoms with E-state index in [1.165, 1.54) is 0 Å². The first-order valence-corrected chi connectivity index (χ1v) is 8.13. The Morgan fingerprint density at radius 2 is 0.867 bits per heavy atom. The summed E-state index contributed by atoms with van der Waals surface area (Å²) in [5, 5.41) is 0. The standard InChI is InChI=1S/2C5H6.C3H9Si.Zr/c2*1-2-4-5-3-1;1-4(2)3;/h2*1-4H,5H2;1-3H3;. The predicted molar refractivity (Wildman–Crippen MR) is 69.1 cm³/mol. The number of allylic oxidation sites excluding steroid dienone is 8. The van der Waals surface area contributed by atoms with Gasteiger partial charge in [-0.3, -0.25) is 0 Å². The van der Waals surface area contributed by atoms with Crippen LogP contribution in [0, 0.1) is 0 Å². The van der Waals surface area contributed by atoms with Crippen LogP contribution in [-0.2, 0) is 26.2 Å². The SMILES string of the molecule is C1=CCC=C1.C1=CCC=C1.C[Si](C)C.[Zr]. The molecule has 1 radical (unpaired) electrons. The molecule has 0 aliphatic heterocycles. The summed E-state index contributed by atoms with van der Waals surface area (Å²) in [4.78, 5) is 0. The summed E-state index contributed by atoms with van der Waals surface area (Å²) in [6, 6.07) is 0. The summed E-state index contributed by atoms with van der Waals surface area (Å²) in [7, 11) is 0.120. The zero-order valence-corrected chi connectivity index (χ0v) is 13.5. The monoisotopic (exact) mass is 295 g/mol. The molecule has 0 nitrogen and oxygen atoms in total. The van der Waals surface area contributed by atoms with Crippen LogP contribution in [0.15, 0.2) is 48.6 Å². The molecule has 0 N–H and O–H groups in total. The third-order valence-electron chi connectivity index (χ3n) is 1.31. The smallest absolute Gasteiger partial charge is 0.0379 e. The zero-order valence-electron chi connectivity index (χ0n) is 10.0. The van der Waals surface area contributed by atoms with E-state index in [0.717, 1.165) is 12.8 Å². The van der Waals surface area contributed by atoms with Gasteiger partial charge in [0.2, 0.25) is 0 Å². The maximum atomic E-state index is 2.27. The molecule has 0 saturated heterocycles. The van der Waals surface area contributed by atoms with Crippen molar-refractivity contribution < 1.29 is 26.2 Å². The second-order valence-corrected chi connectivity index (χ2v) is 6.68. The van der Waals surface area contributed by atoms with Gasteiger partial charge >= 0.3 is 0 Å². The van der Waals surface area contributed by atoms with Gasteiger partial charge in [0.25, 0.3) is 0 Å². The van der Waals surface area contributed by atoms with Crippen molar-refractivity contribution in [3.63, 3.8) is 0 Å². The Morgan fingerprint density at radius 1 is 0.667 bits per heavy atom. The van der Waals surface area contributed by atoms with E-state index in [2.05, 4.69) is 68.2 Å². The Balaban J connectivity index is 0. The first-order chi connectivity index (χ1) is 6.73. The van der Waals surface area contributed by atoms with Crippen molar-refractivity contribution in [2.24, 2.45) is 0 Å². The van der Waals surface area contributed by atoms with Crippen LogP contribution in [0.2, 0.25) is 19.6 Å². The van der Waals surface area contributed by atoms with Gasteiger partial charge in [-0.2, -0.15) is 0 Å². The number of rotatable bonds is 0. The molecule has 0 unspecified atom stereocenters. The number of hydrogen-bond acceptors (Lipinski definition) is 0. The number of hydrogen-bond donors (Lipinski definition) is 0. The minimum Gasteiger partial charge on any atom is -0.0808 e. The van der Waals surface area contributed by atoms with Gasteiger partial charge < -0.3 is 0 Å². The quantitative estimate of drug-likeness (QED) is 0.582. The van der Waals surface area contributed by atoms with Gasteiger partial charge in [-0.1, -0.05) is 68.2 Å². The fraction of sp³-hybridized carbons (Fsp3) is 0.385. The Bertz CT molecular complexity index is 180. The molecule has 0 aromatic rings. The predicted octanol–water partition coefficient (Wildman–Crippen LogP) is 4.37. The van der Waals surface area contributed by atoms with Crippen molar-refractivity contribution in [3.05, 3.63) is 48.6 Å². The van der Waals surface area contributed by atoms with Crippen LogP contribution in [0.3, 0.4) is 0 Å². The topological polar surface area (TPSA) is 0 Å². The van der Waals surface area contributed by atoms with Crippen LogP contribution >= 0.6 is 0 Å². The summed E-state index contributed by atoms with van der Waals surface area (Å²) >= 11 is 0. The van der Waals surface area contributed by atoms with Gasteiger partial charge in [-0.25, -0.2) is 0 Å². The largest absolute Gasteiger partial charge is 0.0808 e. The molecular weight excluding hydrogens is 275 g/mol. The van der Waals surface area contributed by atoms with E-state index in [0.29, 0.717) is 0 Å². The fourth-order valence-electron chi connectivity index (χ4n) is 0.786. The van der Waals surface area contributed by atoms with E-state index in [1.807, 2.05) is 0 Å². The van der Waals surface area contributed by atoms with E-state index in [1.54, 1.807) is 0 Å². The molecule has 0 bridgehead atoms. The second kappa shape index (κ2) is 14.1. The summed E-state index contributed by atoms with van der Waals surface area (Å²) in [5.41, 5.74) is 0. The minimum atomic E-state index is 0. The van der Waals surface area contributed by atoms with Crippen LogP contribution in [0.1, 0.15) is 12.8 Å². The minimum absolute atomic E-state index is 0. The first-order valence-electron chi connectivity index (χ1n) is 5.13. The normalized spacial score (nSPS) is 14.1. The van der Waals surface area contributed by atoms with E-state index in [9.17, 15) is 0 Å². The van der Waals surface area contributed by atoms with Crippen molar-refractivity contribution in [1.29, 1.82) is 0 Å². The maximum Gasteiger partial charge on any atom is 0.0379 e. The third-order valence-corrected chi connectivity index (χ3v) is 1.31. The molecular formula is C13H21SiZr. The van der Waals surface area contributed by atoms with Gasteiger partial charge in [-0.05, 0) is 12.8 Å². The third kappa shape index (κ3) is 20.2. The molecule has 0 aromatic carbocycles. The molecule has 15 heavy (non-hydrogen) atoms. The maximum absolute atomic E-state index is 2.27. The molecule has 2 aliphatic carbocycles. The van der Waals surface area contributed by atoms with E-state index in [4.69, 9.17) is 0 Å². The Hall–Kier alpha value is 0.0600. The van der Waals surface area contributed by atoms with E-state index in [-0.39, 0.29) is 35.0 Å². The fourth-order valence-corrected chi connectivity index (χ4v) is 0.786. The van der Waals surface area contributed by atoms with Gasteiger partial charge in [0.1, 0.15) is 0 Å². The molecule has 0 aromatic heterocycles. The van der Waals surface area contributed by atoms with Gasteiger partial charge in [-0.15, -0.1) is 0 Å². The zero-order chi connectivity index (χ0) is 10.6. The van der Waals surface area contributed by atoms with Gasteiger partial charge in [0, 0.05) is 35.0 Å². The molecule has 2 heteroatoms. The molecule has 2 aliphatic rings. The van der Waals surface area contributed by atoms with E-state index < -0.39 is 0 Å². The summed E-state index contributed by atoms with van der Waals surface area (Å²) in [5.74, 6) is 0. The molecule has 0 heterocycles.